The van der Waals surface area contributed by atoms with Gasteiger partial charge in [-0.15, -0.1) is 11.8 Å². The molecule has 2 fully saturated rings. The van der Waals surface area contributed by atoms with Crippen molar-refractivity contribution in [3.8, 4) is 5.75 Å². The van der Waals surface area contributed by atoms with Crippen LogP contribution in [-0.4, -0.2) is 74.5 Å². The van der Waals surface area contributed by atoms with E-state index >= 15 is 0 Å². The van der Waals surface area contributed by atoms with Crippen molar-refractivity contribution < 1.29 is 23.9 Å². The molecule has 6 rings (SSSR count). The van der Waals surface area contributed by atoms with Gasteiger partial charge in [-0.25, -0.2) is 4.79 Å². The van der Waals surface area contributed by atoms with Crippen LogP contribution in [0, 0.1) is 5.92 Å². The average molecular weight is 509 g/mol. The molecule has 4 aliphatic rings. The Morgan fingerprint density at radius 1 is 1.06 bits per heavy atom. The Morgan fingerprint density at radius 2 is 1.92 bits per heavy atom. The highest BCUT2D eigenvalue weighted by molar-refractivity contribution is 8.00. The molecule has 4 heterocycles. The number of rotatable bonds is 6. The number of cyclic esters (lactones) is 1. The Hall–Kier alpha value is -3.24. The van der Waals surface area contributed by atoms with Crippen LogP contribution < -0.4 is 19.9 Å². The zero-order valence-electron chi connectivity index (χ0n) is 20.1. The number of carbonyl (C=O) groups is 3. The van der Waals surface area contributed by atoms with Crippen molar-refractivity contribution in [2.75, 3.05) is 60.7 Å². The van der Waals surface area contributed by atoms with Gasteiger partial charge in [-0.1, -0.05) is 6.07 Å². The summed E-state index contributed by atoms with van der Waals surface area (Å²) in [6.45, 7) is 3.54. The Balaban J connectivity index is 1.04. The van der Waals surface area contributed by atoms with Crippen molar-refractivity contribution in [2.24, 2.45) is 5.92 Å². The summed E-state index contributed by atoms with van der Waals surface area (Å²) in [4.78, 5) is 43.8. The van der Waals surface area contributed by atoms with Crippen molar-refractivity contribution in [1.29, 1.82) is 0 Å². The molecule has 10 heteroatoms. The highest BCUT2D eigenvalue weighted by atomic mass is 32.2. The number of aryl methyl sites for hydroxylation is 1. The number of ether oxygens (including phenoxy) is 2. The second kappa shape index (κ2) is 9.33. The maximum absolute atomic E-state index is 12.7. The third-order valence-corrected chi connectivity index (χ3v) is 8.28. The Bertz CT molecular complexity index is 1230. The predicted molar refractivity (Wildman–Crippen MR) is 137 cm³/mol. The normalized spacial score (nSPS) is 22.0. The van der Waals surface area contributed by atoms with Crippen molar-refractivity contribution in [3.05, 3.63) is 42.0 Å². The number of hydrogen-bond donors (Lipinski definition) is 1. The van der Waals surface area contributed by atoms with Crippen LogP contribution in [0.2, 0.25) is 0 Å². The highest BCUT2D eigenvalue weighted by Crippen LogP contribution is 2.36. The van der Waals surface area contributed by atoms with E-state index in [1.807, 2.05) is 35.2 Å². The van der Waals surface area contributed by atoms with Gasteiger partial charge in [0.05, 0.1) is 30.8 Å². The third-order valence-electron chi connectivity index (χ3n) is 7.21. The van der Waals surface area contributed by atoms with E-state index in [0.29, 0.717) is 37.7 Å². The lowest BCUT2D eigenvalue weighted by Crippen LogP contribution is -2.55. The van der Waals surface area contributed by atoms with Gasteiger partial charge in [0.25, 0.3) is 0 Å². The van der Waals surface area contributed by atoms with Crippen LogP contribution in [0.15, 0.2) is 41.3 Å². The molecule has 0 aliphatic carbocycles. The number of anilines is 3. The van der Waals surface area contributed by atoms with Gasteiger partial charge in [-0.3, -0.25) is 19.4 Å². The molecule has 188 valence electrons. The molecule has 4 aliphatic heterocycles. The zero-order chi connectivity index (χ0) is 24.8. The molecular weight excluding hydrogens is 480 g/mol. The first-order valence-corrected chi connectivity index (χ1v) is 13.2. The van der Waals surface area contributed by atoms with E-state index in [-0.39, 0.29) is 24.0 Å². The SMILES string of the molecule is COc1ccc2c(c1)N(CC1CN(CC3CN(c4ccc5c(c4)NC(=O)CS5)C(=O)O3)C1)C(=O)CC2. The van der Waals surface area contributed by atoms with E-state index in [0.717, 1.165) is 47.2 Å². The summed E-state index contributed by atoms with van der Waals surface area (Å²) in [5, 5.41) is 2.87. The summed E-state index contributed by atoms with van der Waals surface area (Å²) in [5.74, 6) is 1.67. The van der Waals surface area contributed by atoms with Gasteiger partial charge in [-0.2, -0.15) is 0 Å². The molecule has 0 radical (unpaired) electrons. The molecule has 1 atom stereocenters. The molecule has 2 aromatic carbocycles. The van der Waals surface area contributed by atoms with Gasteiger partial charge >= 0.3 is 6.09 Å². The number of nitrogens with one attached hydrogen (secondary N) is 1. The Morgan fingerprint density at radius 3 is 2.75 bits per heavy atom. The van der Waals surface area contributed by atoms with E-state index in [9.17, 15) is 14.4 Å². The fourth-order valence-corrected chi connectivity index (χ4v) is 6.19. The number of hydrogen-bond acceptors (Lipinski definition) is 7. The lowest BCUT2D eigenvalue weighted by molar-refractivity contribution is -0.119. The van der Waals surface area contributed by atoms with Gasteiger partial charge in [0, 0.05) is 55.2 Å². The van der Waals surface area contributed by atoms with Crippen LogP contribution >= 0.6 is 11.8 Å². The number of benzene rings is 2. The van der Waals surface area contributed by atoms with Crippen LogP contribution in [0.5, 0.6) is 5.75 Å². The minimum Gasteiger partial charge on any atom is -0.497 e. The maximum Gasteiger partial charge on any atom is 0.414 e. The fourth-order valence-electron chi connectivity index (χ4n) is 5.40. The number of fused-ring (bicyclic) bond motifs is 2. The summed E-state index contributed by atoms with van der Waals surface area (Å²) in [6, 6.07) is 11.6. The van der Waals surface area contributed by atoms with E-state index < -0.39 is 0 Å². The van der Waals surface area contributed by atoms with E-state index in [2.05, 4.69) is 16.3 Å². The Kier molecular flexibility index (Phi) is 6.00. The summed E-state index contributed by atoms with van der Waals surface area (Å²) in [7, 11) is 1.64. The first kappa shape index (κ1) is 23.2. The second-order valence-corrected chi connectivity index (χ2v) is 10.7. The van der Waals surface area contributed by atoms with Crippen molar-refractivity contribution >= 4 is 46.7 Å². The van der Waals surface area contributed by atoms with E-state index in [4.69, 9.17) is 9.47 Å². The minimum atomic E-state index is -0.365. The predicted octanol–water partition coefficient (Wildman–Crippen LogP) is 2.98. The molecule has 9 nitrogen and oxygen atoms in total. The zero-order valence-corrected chi connectivity index (χ0v) is 20.9. The summed E-state index contributed by atoms with van der Waals surface area (Å²) in [6.07, 6.45) is 0.718. The molecule has 3 amide bonds. The Labute approximate surface area is 213 Å². The molecular formula is C26H28N4O5S. The number of amides is 3. The molecule has 1 N–H and O–H groups in total. The lowest BCUT2D eigenvalue weighted by atomic mass is 9.95. The monoisotopic (exact) mass is 508 g/mol. The van der Waals surface area contributed by atoms with Crippen LogP contribution in [0.25, 0.3) is 0 Å². The first-order valence-electron chi connectivity index (χ1n) is 12.2. The van der Waals surface area contributed by atoms with Gasteiger partial charge < -0.3 is 19.7 Å². The molecule has 2 saturated heterocycles. The number of carbonyl (C=O) groups excluding carboxylic acids is 3. The number of thioether (sulfide) groups is 1. The number of likely N-dealkylation sites (tertiary alicyclic amines) is 1. The largest absolute Gasteiger partial charge is 0.497 e. The van der Waals surface area contributed by atoms with Crippen LogP contribution in [-0.2, 0) is 20.7 Å². The smallest absolute Gasteiger partial charge is 0.414 e. The van der Waals surface area contributed by atoms with Crippen molar-refractivity contribution in [1.82, 2.24) is 4.90 Å². The fraction of sp³-hybridized carbons (Fsp3) is 0.423. The molecule has 1 unspecified atom stereocenters. The standard InChI is InChI=1S/C26H28N4O5S/c1-34-19-5-2-17-3-7-25(32)30(22(17)9-19)12-16-10-28(11-16)13-20-14-29(26(33)35-20)18-4-6-23-21(8-18)27-24(31)15-36-23/h2,4-6,8-9,16,20H,3,7,10-15H2,1H3,(H,27,31). The van der Waals surface area contributed by atoms with Gasteiger partial charge in [0.1, 0.15) is 11.9 Å². The first-order chi connectivity index (χ1) is 17.5. The molecule has 0 saturated carbocycles. The van der Waals surface area contributed by atoms with E-state index in [1.165, 1.54) is 17.3 Å². The summed E-state index contributed by atoms with van der Waals surface area (Å²) < 4.78 is 11.0. The number of nitrogens with zero attached hydrogens (tertiary/aromatic N) is 3. The van der Waals surface area contributed by atoms with Gasteiger partial charge in [0.2, 0.25) is 11.8 Å². The topological polar surface area (TPSA) is 91.4 Å². The van der Waals surface area contributed by atoms with Gasteiger partial charge in [0.15, 0.2) is 0 Å². The molecule has 2 aromatic rings. The minimum absolute atomic E-state index is 0.0345. The van der Waals surface area contributed by atoms with Crippen LogP contribution in [0.1, 0.15) is 12.0 Å². The van der Waals surface area contributed by atoms with Crippen molar-refractivity contribution in [3.63, 3.8) is 0 Å². The number of methoxy groups -OCH3 is 1. The van der Waals surface area contributed by atoms with E-state index in [1.54, 1.807) is 12.0 Å². The average Bonchev–Trinajstić information content (AvgIpc) is 3.23. The summed E-state index contributed by atoms with van der Waals surface area (Å²) in [5.41, 5.74) is 3.61. The molecule has 0 aromatic heterocycles. The third kappa shape index (κ3) is 4.39. The van der Waals surface area contributed by atoms with Gasteiger partial charge in [-0.05, 0) is 36.2 Å². The van der Waals surface area contributed by atoms with Crippen LogP contribution in [0.3, 0.4) is 0 Å². The molecule has 0 spiro atoms. The quantitative estimate of drug-likeness (QED) is 0.642. The molecule has 36 heavy (non-hydrogen) atoms. The highest BCUT2D eigenvalue weighted by Gasteiger charge is 2.38. The molecule has 0 bridgehead atoms. The van der Waals surface area contributed by atoms with Crippen LogP contribution in [0.4, 0.5) is 21.9 Å². The lowest BCUT2D eigenvalue weighted by Gasteiger charge is -2.43. The second-order valence-electron chi connectivity index (χ2n) is 9.72. The maximum atomic E-state index is 12.7. The van der Waals surface area contributed by atoms with Crippen molar-refractivity contribution in [2.45, 2.75) is 23.8 Å². The summed E-state index contributed by atoms with van der Waals surface area (Å²) >= 11 is 1.49.